The summed E-state index contributed by atoms with van der Waals surface area (Å²) in [5, 5.41) is 14.0. The molecule has 1 rings (SSSR count). The van der Waals surface area contributed by atoms with E-state index in [1.54, 1.807) is 18.2 Å². The number of aliphatic hydroxyl groups excluding tert-OH is 1. The monoisotopic (exact) mass is 320 g/mol. The average Bonchev–Trinajstić information content (AvgIpc) is 2.35. The van der Waals surface area contributed by atoms with Gasteiger partial charge >= 0.3 is 0 Å². The van der Waals surface area contributed by atoms with Gasteiger partial charge in [0.15, 0.2) is 5.75 Å². The van der Waals surface area contributed by atoms with Crippen molar-refractivity contribution in [3.8, 4) is 5.75 Å². The highest BCUT2D eigenvalue weighted by Crippen LogP contribution is 2.32. The Hall–Kier alpha value is -0.520. The Morgan fingerprint density at radius 1 is 1.30 bits per heavy atom. The zero-order valence-electron chi connectivity index (χ0n) is 12.1. The molecule has 0 radical (unpaired) electrons. The van der Waals surface area contributed by atoms with Gasteiger partial charge in [0.05, 0.1) is 10.0 Å². The fourth-order valence-electron chi connectivity index (χ4n) is 1.81. The van der Waals surface area contributed by atoms with E-state index in [0.717, 1.165) is 6.54 Å². The molecule has 0 saturated heterocycles. The van der Waals surface area contributed by atoms with Crippen LogP contribution in [0.25, 0.3) is 0 Å². The minimum atomic E-state index is -0.619. The van der Waals surface area contributed by atoms with Crippen LogP contribution in [0.2, 0.25) is 10.0 Å². The Morgan fingerprint density at radius 2 is 1.90 bits per heavy atom. The summed E-state index contributed by atoms with van der Waals surface area (Å²) >= 11 is 12.0. The second-order valence-electron chi connectivity index (χ2n) is 5.09. The topological polar surface area (TPSA) is 44.7 Å². The summed E-state index contributed by atoms with van der Waals surface area (Å²) in [6, 6.07) is 5.45. The lowest BCUT2D eigenvalue weighted by molar-refractivity contribution is 0.103. The van der Waals surface area contributed by atoms with Crippen LogP contribution >= 0.6 is 23.2 Å². The summed E-state index contributed by atoms with van der Waals surface area (Å²) in [4.78, 5) is 2.09. The standard InChI is InChI=1S/C14H22Cl2N2O2/c1-10(8-18(2)3)17-7-11(19)9-20-14-12(15)5-4-6-13(14)16/h4-6,10-11,17,19H,7-9H2,1-3H3. The number of ether oxygens (including phenoxy) is 1. The van der Waals surface area contributed by atoms with Gasteiger partial charge in [0.25, 0.3) is 0 Å². The molecule has 0 saturated carbocycles. The molecule has 0 amide bonds. The molecule has 0 heterocycles. The van der Waals surface area contributed by atoms with Crippen molar-refractivity contribution in [3.63, 3.8) is 0 Å². The van der Waals surface area contributed by atoms with Crippen LogP contribution in [0.5, 0.6) is 5.75 Å². The van der Waals surface area contributed by atoms with Crippen molar-refractivity contribution in [3.05, 3.63) is 28.2 Å². The number of hydrogen-bond donors (Lipinski definition) is 2. The minimum absolute atomic E-state index is 0.144. The predicted octanol–water partition coefficient (Wildman–Crippen LogP) is 2.27. The molecule has 2 unspecified atom stereocenters. The zero-order valence-corrected chi connectivity index (χ0v) is 13.6. The minimum Gasteiger partial charge on any atom is -0.488 e. The first kappa shape index (κ1) is 17.5. The number of nitrogens with zero attached hydrogens (tertiary/aromatic N) is 1. The van der Waals surface area contributed by atoms with E-state index in [-0.39, 0.29) is 6.61 Å². The molecule has 0 aliphatic carbocycles. The molecule has 6 heteroatoms. The first-order valence-electron chi connectivity index (χ1n) is 6.53. The second-order valence-corrected chi connectivity index (χ2v) is 5.90. The van der Waals surface area contributed by atoms with E-state index < -0.39 is 6.10 Å². The summed E-state index contributed by atoms with van der Waals surface area (Å²) in [5.41, 5.74) is 0. The van der Waals surface area contributed by atoms with Crippen LogP contribution in [0.15, 0.2) is 18.2 Å². The molecule has 0 aliphatic heterocycles. The van der Waals surface area contributed by atoms with E-state index in [1.165, 1.54) is 0 Å². The third-order valence-corrected chi connectivity index (χ3v) is 3.28. The first-order valence-corrected chi connectivity index (χ1v) is 7.28. The number of hydrogen-bond acceptors (Lipinski definition) is 4. The molecule has 0 fully saturated rings. The van der Waals surface area contributed by atoms with E-state index in [9.17, 15) is 5.11 Å². The number of rotatable bonds is 8. The van der Waals surface area contributed by atoms with E-state index in [4.69, 9.17) is 27.9 Å². The molecule has 0 spiro atoms. The molecule has 0 bridgehead atoms. The van der Waals surface area contributed by atoms with Gasteiger partial charge in [0, 0.05) is 19.1 Å². The fraction of sp³-hybridized carbons (Fsp3) is 0.571. The molecule has 2 N–H and O–H groups in total. The number of likely N-dealkylation sites (N-methyl/N-ethyl adjacent to an activating group) is 1. The van der Waals surface area contributed by atoms with Crippen LogP contribution < -0.4 is 10.1 Å². The number of halogens is 2. The van der Waals surface area contributed by atoms with Crippen LogP contribution in [0.1, 0.15) is 6.92 Å². The Bertz CT molecular complexity index is 396. The molecule has 1 aromatic carbocycles. The van der Waals surface area contributed by atoms with Crippen LogP contribution in [-0.2, 0) is 0 Å². The van der Waals surface area contributed by atoms with Crippen molar-refractivity contribution in [1.82, 2.24) is 10.2 Å². The molecule has 1 aromatic rings. The van der Waals surface area contributed by atoms with Crippen molar-refractivity contribution in [2.45, 2.75) is 19.1 Å². The first-order chi connectivity index (χ1) is 9.40. The van der Waals surface area contributed by atoms with Gasteiger partial charge in [-0.2, -0.15) is 0 Å². The van der Waals surface area contributed by atoms with Gasteiger partial charge in [-0.1, -0.05) is 29.3 Å². The summed E-state index contributed by atoms with van der Waals surface area (Å²) < 4.78 is 5.48. The van der Waals surface area contributed by atoms with Crippen LogP contribution in [0.3, 0.4) is 0 Å². The molecular weight excluding hydrogens is 299 g/mol. The normalized spacial score (nSPS) is 14.3. The number of benzene rings is 1. The van der Waals surface area contributed by atoms with Crippen molar-refractivity contribution >= 4 is 23.2 Å². The summed E-state index contributed by atoms with van der Waals surface area (Å²) in [6.45, 7) is 3.57. The van der Waals surface area contributed by atoms with Crippen molar-refractivity contribution in [1.29, 1.82) is 0 Å². The van der Waals surface area contributed by atoms with Gasteiger partial charge in [-0.05, 0) is 33.2 Å². The van der Waals surface area contributed by atoms with Gasteiger partial charge in [-0.3, -0.25) is 0 Å². The maximum Gasteiger partial charge on any atom is 0.156 e. The number of para-hydroxylation sites is 1. The van der Waals surface area contributed by atoms with E-state index in [2.05, 4.69) is 17.1 Å². The summed E-state index contributed by atoms with van der Waals surface area (Å²) in [6.07, 6.45) is -0.619. The smallest absolute Gasteiger partial charge is 0.156 e. The van der Waals surface area contributed by atoms with Gasteiger partial charge < -0.3 is 20.1 Å². The van der Waals surface area contributed by atoms with Crippen molar-refractivity contribution in [2.24, 2.45) is 0 Å². The average molecular weight is 321 g/mol. The van der Waals surface area contributed by atoms with Crippen molar-refractivity contribution < 1.29 is 9.84 Å². The highest BCUT2D eigenvalue weighted by Gasteiger charge is 2.11. The highest BCUT2D eigenvalue weighted by atomic mass is 35.5. The molecule has 2 atom stereocenters. The number of nitrogens with one attached hydrogen (secondary N) is 1. The van der Waals surface area contributed by atoms with Gasteiger partial charge in [0.2, 0.25) is 0 Å². The molecule has 0 aromatic heterocycles. The van der Waals surface area contributed by atoms with Gasteiger partial charge in [-0.25, -0.2) is 0 Å². The fourth-order valence-corrected chi connectivity index (χ4v) is 2.31. The summed E-state index contributed by atoms with van der Waals surface area (Å²) in [5.74, 6) is 0.413. The summed E-state index contributed by atoms with van der Waals surface area (Å²) in [7, 11) is 4.02. The van der Waals surface area contributed by atoms with Gasteiger partial charge in [0.1, 0.15) is 12.7 Å². The lowest BCUT2D eigenvalue weighted by atomic mass is 10.3. The SMILES string of the molecule is CC(CN(C)C)NCC(O)COc1c(Cl)cccc1Cl. The maximum atomic E-state index is 9.89. The molecular formula is C14H22Cl2N2O2. The second kappa shape index (κ2) is 8.70. The van der Waals surface area contributed by atoms with Crippen LogP contribution in [0.4, 0.5) is 0 Å². The molecule has 20 heavy (non-hydrogen) atoms. The van der Waals surface area contributed by atoms with E-state index in [1.807, 2.05) is 14.1 Å². The van der Waals surface area contributed by atoms with Gasteiger partial charge in [-0.15, -0.1) is 0 Å². The Kier molecular flexibility index (Phi) is 7.62. The van der Waals surface area contributed by atoms with Crippen molar-refractivity contribution in [2.75, 3.05) is 33.8 Å². The maximum absolute atomic E-state index is 9.89. The molecule has 0 aliphatic rings. The lowest BCUT2D eigenvalue weighted by Crippen LogP contribution is -2.41. The molecule has 4 nitrogen and oxygen atoms in total. The van der Waals surface area contributed by atoms with E-state index in [0.29, 0.717) is 28.4 Å². The third kappa shape index (κ3) is 6.29. The Labute approximate surface area is 130 Å². The van der Waals surface area contributed by atoms with E-state index >= 15 is 0 Å². The zero-order chi connectivity index (χ0) is 15.1. The molecule has 114 valence electrons. The third-order valence-electron chi connectivity index (χ3n) is 2.68. The Balaban J connectivity index is 2.35. The lowest BCUT2D eigenvalue weighted by Gasteiger charge is -2.20. The number of aliphatic hydroxyl groups is 1. The van der Waals surface area contributed by atoms with Crippen LogP contribution in [0, 0.1) is 0 Å². The largest absolute Gasteiger partial charge is 0.488 e. The highest BCUT2D eigenvalue weighted by molar-refractivity contribution is 6.37. The van der Waals surface area contributed by atoms with Crippen LogP contribution in [-0.4, -0.2) is 55.9 Å². The predicted molar refractivity (Wildman–Crippen MR) is 84.0 cm³/mol. The quantitative estimate of drug-likeness (QED) is 0.771. The Morgan fingerprint density at radius 3 is 2.45 bits per heavy atom.